The van der Waals surface area contributed by atoms with Gasteiger partial charge in [-0.3, -0.25) is 14.7 Å². The summed E-state index contributed by atoms with van der Waals surface area (Å²) in [6, 6.07) is 15.0. The number of β-amino-alcohol motifs (C(OH)–C–C–N with tert-alkyl or cyclic N) is 1. The molecule has 2 aliphatic rings. The second-order valence-corrected chi connectivity index (χ2v) is 8.71. The Kier molecular flexibility index (Phi) is 8.48. The summed E-state index contributed by atoms with van der Waals surface area (Å²) in [7, 11) is 0. The van der Waals surface area contributed by atoms with Crippen molar-refractivity contribution in [2.24, 2.45) is 0 Å². The summed E-state index contributed by atoms with van der Waals surface area (Å²) in [5, 5.41) is 10.3. The summed E-state index contributed by atoms with van der Waals surface area (Å²) in [5.74, 6) is 0.630. The summed E-state index contributed by atoms with van der Waals surface area (Å²) in [6.45, 7) is 9.68. The highest BCUT2D eigenvalue weighted by atomic mass is 19.1. The van der Waals surface area contributed by atoms with Gasteiger partial charge in [0.25, 0.3) is 0 Å². The highest BCUT2D eigenvalue weighted by Gasteiger charge is 2.18. The fraction of sp³-hybridized carbons (Fsp3) is 0.520. The predicted molar refractivity (Wildman–Crippen MR) is 122 cm³/mol. The molecule has 4 rings (SSSR count). The van der Waals surface area contributed by atoms with Crippen molar-refractivity contribution in [1.82, 2.24) is 14.7 Å². The van der Waals surface area contributed by atoms with Crippen molar-refractivity contribution in [3.05, 3.63) is 65.5 Å². The summed E-state index contributed by atoms with van der Waals surface area (Å²) >= 11 is 0. The number of rotatable bonds is 9. The molecule has 0 radical (unpaired) electrons. The monoisotopic (exact) mass is 443 g/mol. The van der Waals surface area contributed by atoms with Gasteiger partial charge in [0.1, 0.15) is 24.3 Å². The van der Waals surface area contributed by atoms with Crippen LogP contribution in [0.25, 0.3) is 0 Å². The molecule has 0 bridgehead atoms. The average molecular weight is 444 g/mol. The molecule has 0 saturated carbocycles. The molecule has 0 aromatic heterocycles. The molecule has 2 aromatic rings. The largest absolute Gasteiger partial charge is 0.491 e. The van der Waals surface area contributed by atoms with Gasteiger partial charge in [-0.2, -0.15) is 0 Å². The third kappa shape index (κ3) is 7.25. The van der Waals surface area contributed by atoms with Gasteiger partial charge in [0, 0.05) is 58.9 Å². The van der Waals surface area contributed by atoms with E-state index in [1.54, 1.807) is 12.1 Å². The van der Waals surface area contributed by atoms with Crippen molar-refractivity contribution in [2.45, 2.75) is 19.2 Å². The number of aliphatic hydroxyl groups excluding tert-OH is 1. The number of hydrogen-bond donors (Lipinski definition) is 1. The molecule has 0 amide bonds. The molecule has 0 aliphatic carbocycles. The van der Waals surface area contributed by atoms with Crippen LogP contribution in [0.4, 0.5) is 4.39 Å². The molecule has 0 unspecified atom stereocenters. The predicted octanol–water partition coefficient (Wildman–Crippen LogP) is 2.22. The van der Waals surface area contributed by atoms with Crippen LogP contribution in [-0.2, 0) is 17.8 Å². The molecule has 7 heteroatoms. The van der Waals surface area contributed by atoms with Crippen LogP contribution in [0.3, 0.4) is 0 Å². The highest BCUT2D eigenvalue weighted by Crippen LogP contribution is 2.17. The maximum atomic E-state index is 13.4. The number of morpholine rings is 1. The number of aliphatic hydroxyl groups is 1. The SMILES string of the molecule is O[C@@H](COc1cccc(CN2CCN(Cc3cccc(F)c3)CC2)c1)CN1CCOCC1. The first-order valence-corrected chi connectivity index (χ1v) is 11.5. The van der Waals surface area contributed by atoms with Crippen LogP contribution in [0.2, 0.25) is 0 Å². The number of halogens is 1. The van der Waals surface area contributed by atoms with Crippen LogP contribution < -0.4 is 4.74 Å². The zero-order valence-corrected chi connectivity index (χ0v) is 18.7. The van der Waals surface area contributed by atoms with Crippen LogP contribution >= 0.6 is 0 Å². The van der Waals surface area contributed by atoms with Gasteiger partial charge in [0.15, 0.2) is 0 Å². The van der Waals surface area contributed by atoms with Crippen LogP contribution in [0.15, 0.2) is 48.5 Å². The summed E-state index contributed by atoms with van der Waals surface area (Å²) in [6.07, 6.45) is -0.511. The first-order valence-electron chi connectivity index (χ1n) is 11.5. The molecule has 2 aliphatic heterocycles. The summed E-state index contributed by atoms with van der Waals surface area (Å²) < 4.78 is 24.6. The number of piperazine rings is 1. The van der Waals surface area contributed by atoms with Crippen molar-refractivity contribution >= 4 is 0 Å². The van der Waals surface area contributed by atoms with E-state index in [-0.39, 0.29) is 5.82 Å². The van der Waals surface area contributed by atoms with Crippen LogP contribution in [0.5, 0.6) is 5.75 Å². The molecule has 1 N–H and O–H groups in total. The minimum Gasteiger partial charge on any atom is -0.491 e. The van der Waals surface area contributed by atoms with Gasteiger partial charge < -0.3 is 14.6 Å². The van der Waals surface area contributed by atoms with Gasteiger partial charge in [-0.05, 0) is 35.4 Å². The highest BCUT2D eigenvalue weighted by molar-refractivity contribution is 5.28. The van der Waals surface area contributed by atoms with Crippen LogP contribution in [0.1, 0.15) is 11.1 Å². The number of ether oxygens (including phenoxy) is 2. The summed E-state index contributed by atoms with van der Waals surface area (Å²) in [5.41, 5.74) is 2.24. The van der Waals surface area contributed by atoms with E-state index in [1.165, 1.54) is 11.6 Å². The van der Waals surface area contributed by atoms with E-state index in [1.807, 2.05) is 18.2 Å². The van der Waals surface area contributed by atoms with Crippen molar-refractivity contribution in [3.63, 3.8) is 0 Å². The standard InChI is InChI=1S/C25H34FN3O3/c26-23-5-1-3-21(15-23)17-27-7-9-28(10-8-27)18-22-4-2-6-25(16-22)32-20-24(30)19-29-11-13-31-14-12-29/h1-6,15-16,24,30H,7-14,17-20H2/t24-/m1/s1. The molecule has 0 spiro atoms. The Morgan fingerprint density at radius 1 is 0.844 bits per heavy atom. The third-order valence-corrected chi connectivity index (χ3v) is 6.08. The van der Waals surface area contributed by atoms with E-state index in [9.17, 15) is 9.50 Å². The topological polar surface area (TPSA) is 48.4 Å². The fourth-order valence-corrected chi connectivity index (χ4v) is 4.32. The molecule has 2 aromatic carbocycles. The fourth-order valence-electron chi connectivity index (χ4n) is 4.32. The van der Waals surface area contributed by atoms with E-state index in [0.29, 0.717) is 13.2 Å². The summed E-state index contributed by atoms with van der Waals surface area (Å²) in [4.78, 5) is 7.02. The van der Waals surface area contributed by atoms with Gasteiger partial charge in [0.05, 0.1) is 13.2 Å². The smallest absolute Gasteiger partial charge is 0.123 e. The van der Waals surface area contributed by atoms with E-state index < -0.39 is 6.10 Å². The minimum absolute atomic E-state index is 0.170. The second-order valence-electron chi connectivity index (χ2n) is 8.71. The van der Waals surface area contributed by atoms with Crippen molar-refractivity contribution in [1.29, 1.82) is 0 Å². The molecule has 6 nitrogen and oxygen atoms in total. The first-order chi connectivity index (χ1) is 15.6. The van der Waals surface area contributed by atoms with Gasteiger partial charge in [0.2, 0.25) is 0 Å². The Morgan fingerprint density at radius 3 is 2.12 bits per heavy atom. The average Bonchev–Trinajstić information content (AvgIpc) is 2.80. The van der Waals surface area contributed by atoms with Gasteiger partial charge in [-0.15, -0.1) is 0 Å². The number of nitrogens with zero attached hydrogens (tertiary/aromatic N) is 3. The lowest BCUT2D eigenvalue weighted by Crippen LogP contribution is -2.45. The molecular weight excluding hydrogens is 409 g/mol. The van der Waals surface area contributed by atoms with E-state index in [2.05, 4.69) is 26.8 Å². The van der Waals surface area contributed by atoms with Crippen LogP contribution in [0, 0.1) is 5.82 Å². The lowest BCUT2D eigenvalue weighted by molar-refractivity contribution is 0.00464. The third-order valence-electron chi connectivity index (χ3n) is 6.08. The van der Waals surface area contributed by atoms with Crippen molar-refractivity contribution < 1.29 is 19.0 Å². The van der Waals surface area contributed by atoms with Crippen molar-refractivity contribution in [3.8, 4) is 5.75 Å². The van der Waals surface area contributed by atoms with Gasteiger partial charge in [-0.25, -0.2) is 4.39 Å². The van der Waals surface area contributed by atoms with E-state index >= 15 is 0 Å². The van der Waals surface area contributed by atoms with E-state index in [4.69, 9.17) is 9.47 Å². The van der Waals surface area contributed by atoms with Crippen molar-refractivity contribution in [2.75, 3.05) is 65.6 Å². The quantitative estimate of drug-likeness (QED) is 0.642. The normalized spacial score (nSPS) is 19.7. The van der Waals surface area contributed by atoms with Gasteiger partial charge >= 0.3 is 0 Å². The maximum Gasteiger partial charge on any atom is 0.123 e. The number of hydrogen-bond acceptors (Lipinski definition) is 6. The Morgan fingerprint density at radius 2 is 1.47 bits per heavy atom. The molecule has 2 heterocycles. The number of benzene rings is 2. The zero-order chi connectivity index (χ0) is 22.2. The molecule has 32 heavy (non-hydrogen) atoms. The molecule has 2 fully saturated rings. The van der Waals surface area contributed by atoms with Crippen LogP contribution in [-0.4, -0.2) is 91.5 Å². The molecule has 1 atom stereocenters. The first kappa shape index (κ1) is 23.1. The molecule has 2 saturated heterocycles. The van der Waals surface area contributed by atoms with Gasteiger partial charge in [-0.1, -0.05) is 24.3 Å². The maximum absolute atomic E-state index is 13.4. The molecule has 174 valence electrons. The Balaban J connectivity index is 1.19. The van der Waals surface area contributed by atoms with E-state index in [0.717, 1.165) is 76.9 Å². The molecular formula is C25H34FN3O3. The second kappa shape index (κ2) is 11.7. The zero-order valence-electron chi connectivity index (χ0n) is 18.7. The minimum atomic E-state index is -0.511. The lowest BCUT2D eigenvalue weighted by atomic mass is 10.1. The Labute approximate surface area is 190 Å². The lowest BCUT2D eigenvalue weighted by Gasteiger charge is -2.34. The Bertz CT molecular complexity index is 839. The Hall–Kier alpha value is -2.03.